The SMILES string of the molecule is FC(F)(F)Cc1cc2cn[nH]c2cc1OCc1ccon1. The third kappa shape index (κ3) is 3.15. The molecule has 0 aliphatic heterocycles. The van der Waals surface area contributed by atoms with Crippen LogP contribution in [-0.2, 0) is 13.0 Å². The van der Waals surface area contributed by atoms with Crippen LogP contribution in [0.2, 0.25) is 0 Å². The lowest BCUT2D eigenvalue weighted by Gasteiger charge is -2.12. The van der Waals surface area contributed by atoms with Crippen molar-refractivity contribution in [3.63, 3.8) is 0 Å². The second-order valence-corrected chi connectivity index (χ2v) is 4.49. The van der Waals surface area contributed by atoms with Crippen molar-refractivity contribution < 1.29 is 22.4 Å². The molecule has 0 aliphatic rings. The molecule has 5 nitrogen and oxygen atoms in total. The molecule has 0 aliphatic carbocycles. The Morgan fingerprint density at radius 2 is 2.14 bits per heavy atom. The lowest BCUT2D eigenvalue weighted by Crippen LogP contribution is -2.12. The molecule has 0 amide bonds. The molecular weight excluding hydrogens is 287 g/mol. The predicted octanol–water partition coefficient (Wildman–Crippen LogP) is 3.23. The normalized spacial score (nSPS) is 12.0. The first-order chi connectivity index (χ1) is 10.0. The Morgan fingerprint density at radius 1 is 1.29 bits per heavy atom. The fourth-order valence-electron chi connectivity index (χ4n) is 1.97. The van der Waals surface area contributed by atoms with Crippen LogP contribution in [-0.4, -0.2) is 21.5 Å². The standard InChI is InChI=1S/C13H10F3N3O2/c14-13(15,16)5-8-3-9-6-17-18-11(9)4-12(8)20-7-10-1-2-21-19-10/h1-4,6H,5,7H2,(H,17,18). The number of aromatic amines is 1. The van der Waals surface area contributed by atoms with Crippen molar-refractivity contribution in [2.45, 2.75) is 19.2 Å². The summed E-state index contributed by atoms with van der Waals surface area (Å²) in [5, 5.41) is 10.7. The summed E-state index contributed by atoms with van der Waals surface area (Å²) in [6, 6.07) is 4.51. The smallest absolute Gasteiger partial charge is 0.393 e. The van der Waals surface area contributed by atoms with Gasteiger partial charge in [0.1, 0.15) is 24.3 Å². The molecule has 21 heavy (non-hydrogen) atoms. The summed E-state index contributed by atoms with van der Waals surface area (Å²) >= 11 is 0. The summed E-state index contributed by atoms with van der Waals surface area (Å²) in [7, 11) is 0. The third-order valence-corrected chi connectivity index (χ3v) is 2.88. The Kier molecular flexibility index (Phi) is 3.28. The molecular formula is C13H10F3N3O2. The summed E-state index contributed by atoms with van der Waals surface area (Å²) in [6.07, 6.45) is -2.55. The number of aromatic nitrogens is 3. The molecule has 0 spiro atoms. The molecule has 0 unspecified atom stereocenters. The molecule has 110 valence electrons. The lowest BCUT2D eigenvalue weighted by molar-refractivity contribution is -0.127. The summed E-state index contributed by atoms with van der Waals surface area (Å²) in [5.74, 6) is 0.145. The van der Waals surface area contributed by atoms with E-state index >= 15 is 0 Å². The zero-order valence-corrected chi connectivity index (χ0v) is 10.6. The highest BCUT2D eigenvalue weighted by Crippen LogP contribution is 2.31. The monoisotopic (exact) mass is 297 g/mol. The topological polar surface area (TPSA) is 63.9 Å². The minimum Gasteiger partial charge on any atom is -0.487 e. The Morgan fingerprint density at radius 3 is 2.86 bits per heavy atom. The van der Waals surface area contributed by atoms with Crippen molar-refractivity contribution >= 4 is 10.9 Å². The van der Waals surface area contributed by atoms with Gasteiger partial charge in [-0.25, -0.2) is 0 Å². The van der Waals surface area contributed by atoms with E-state index in [0.717, 1.165) is 0 Å². The van der Waals surface area contributed by atoms with Crippen LogP contribution in [0.3, 0.4) is 0 Å². The maximum absolute atomic E-state index is 12.7. The average Bonchev–Trinajstić information content (AvgIpc) is 3.04. The summed E-state index contributed by atoms with van der Waals surface area (Å²) in [5.41, 5.74) is 1.16. The number of ether oxygens (including phenoxy) is 1. The zero-order valence-electron chi connectivity index (χ0n) is 10.6. The van der Waals surface area contributed by atoms with Gasteiger partial charge in [0.15, 0.2) is 0 Å². The van der Waals surface area contributed by atoms with Gasteiger partial charge in [-0.15, -0.1) is 0 Å². The van der Waals surface area contributed by atoms with E-state index in [-0.39, 0.29) is 17.9 Å². The van der Waals surface area contributed by atoms with Gasteiger partial charge < -0.3 is 9.26 Å². The number of rotatable bonds is 4. The van der Waals surface area contributed by atoms with Gasteiger partial charge in [-0.3, -0.25) is 5.10 Å². The highest BCUT2D eigenvalue weighted by Gasteiger charge is 2.29. The molecule has 0 saturated carbocycles. The molecule has 0 atom stereocenters. The highest BCUT2D eigenvalue weighted by molar-refractivity contribution is 5.80. The fraction of sp³-hybridized carbons (Fsp3) is 0.231. The number of benzene rings is 1. The van der Waals surface area contributed by atoms with E-state index in [9.17, 15) is 13.2 Å². The van der Waals surface area contributed by atoms with E-state index in [4.69, 9.17) is 4.74 Å². The van der Waals surface area contributed by atoms with Crippen LogP contribution in [0, 0.1) is 0 Å². The van der Waals surface area contributed by atoms with Crippen LogP contribution < -0.4 is 4.74 Å². The summed E-state index contributed by atoms with van der Waals surface area (Å²) in [6.45, 7) is 0.0288. The number of alkyl halides is 3. The molecule has 3 aromatic rings. The van der Waals surface area contributed by atoms with Crippen molar-refractivity contribution in [2.24, 2.45) is 0 Å². The Hall–Kier alpha value is -2.51. The molecule has 1 aromatic carbocycles. The Labute approximate surface area is 116 Å². The van der Waals surface area contributed by atoms with E-state index in [2.05, 4.69) is 19.9 Å². The molecule has 1 N–H and O–H groups in total. The maximum Gasteiger partial charge on any atom is 0.393 e. The molecule has 2 aromatic heterocycles. The second kappa shape index (κ2) is 5.12. The molecule has 0 bridgehead atoms. The van der Waals surface area contributed by atoms with Crippen molar-refractivity contribution in [3.05, 3.63) is 41.9 Å². The van der Waals surface area contributed by atoms with Crippen molar-refractivity contribution in [1.29, 1.82) is 0 Å². The number of nitrogens with zero attached hydrogens (tertiary/aromatic N) is 2. The van der Waals surface area contributed by atoms with Crippen LogP contribution in [0.15, 0.2) is 35.2 Å². The van der Waals surface area contributed by atoms with Gasteiger partial charge in [-0.1, -0.05) is 5.16 Å². The zero-order chi connectivity index (χ0) is 14.9. The first kappa shape index (κ1) is 13.5. The Bertz CT molecular complexity index is 735. The number of H-pyrrole nitrogens is 1. The maximum atomic E-state index is 12.7. The van der Waals surface area contributed by atoms with E-state index in [1.54, 1.807) is 6.07 Å². The molecule has 0 radical (unpaired) electrons. The van der Waals surface area contributed by atoms with E-state index in [1.165, 1.54) is 24.6 Å². The quantitative estimate of drug-likeness (QED) is 0.803. The van der Waals surface area contributed by atoms with Gasteiger partial charge in [-0.05, 0) is 6.07 Å². The second-order valence-electron chi connectivity index (χ2n) is 4.49. The molecule has 2 heterocycles. The van der Waals surface area contributed by atoms with Gasteiger partial charge in [0, 0.05) is 23.1 Å². The van der Waals surface area contributed by atoms with Gasteiger partial charge >= 0.3 is 6.18 Å². The fourth-order valence-corrected chi connectivity index (χ4v) is 1.97. The van der Waals surface area contributed by atoms with Gasteiger partial charge in [0.25, 0.3) is 0 Å². The molecule has 3 rings (SSSR count). The molecule has 0 fully saturated rings. The molecule has 8 heteroatoms. The largest absolute Gasteiger partial charge is 0.487 e. The minimum absolute atomic E-state index is 0.0288. The van der Waals surface area contributed by atoms with E-state index in [0.29, 0.717) is 16.6 Å². The first-order valence-electron chi connectivity index (χ1n) is 6.06. The number of nitrogens with one attached hydrogen (secondary N) is 1. The predicted molar refractivity (Wildman–Crippen MR) is 66.7 cm³/mol. The minimum atomic E-state index is -4.32. The number of hydrogen-bond donors (Lipinski definition) is 1. The number of halogens is 3. The van der Waals surface area contributed by atoms with Crippen molar-refractivity contribution in [2.75, 3.05) is 0 Å². The highest BCUT2D eigenvalue weighted by atomic mass is 19.4. The number of hydrogen-bond acceptors (Lipinski definition) is 4. The van der Waals surface area contributed by atoms with E-state index in [1.807, 2.05) is 0 Å². The average molecular weight is 297 g/mol. The van der Waals surface area contributed by atoms with Crippen LogP contribution in [0.5, 0.6) is 5.75 Å². The van der Waals surface area contributed by atoms with Crippen molar-refractivity contribution in [1.82, 2.24) is 15.4 Å². The summed E-state index contributed by atoms with van der Waals surface area (Å²) < 4.78 is 48.0. The summed E-state index contributed by atoms with van der Waals surface area (Å²) in [4.78, 5) is 0. The van der Waals surface area contributed by atoms with Gasteiger partial charge in [0.2, 0.25) is 0 Å². The number of fused-ring (bicyclic) bond motifs is 1. The van der Waals surface area contributed by atoms with Crippen LogP contribution in [0.25, 0.3) is 10.9 Å². The molecule has 0 saturated heterocycles. The lowest BCUT2D eigenvalue weighted by atomic mass is 10.1. The van der Waals surface area contributed by atoms with E-state index < -0.39 is 12.6 Å². The Balaban J connectivity index is 1.91. The van der Waals surface area contributed by atoms with Crippen LogP contribution in [0.1, 0.15) is 11.3 Å². The van der Waals surface area contributed by atoms with Crippen LogP contribution >= 0.6 is 0 Å². The van der Waals surface area contributed by atoms with Gasteiger partial charge in [-0.2, -0.15) is 18.3 Å². The van der Waals surface area contributed by atoms with Crippen molar-refractivity contribution in [3.8, 4) is 5.75 Å². The van der Waals surface area contributed by atoms with Crippen LogP contribution in [0.4, 0.5) is 13.2 Å². The third-order valence-electron chi connectivity index (χ3n) is 2.88. The first-order valence-corrected chi connectivity index (χ1v) is 6.06. The van der Waals surface area contributed by atoms with Gasteiger partial charge in [0.05, 0.1) is 18.1 Å².